The molecule has 0 saturated heterocycles. The van der Waals surface area contributed by atoms with Gasteiger partial charge in [-0.05, 0) is 12.1 Å². The van der Waals surface area contributed by atoms with E-state index < -0.39 is 0 Å². The van der Waals surface area contributed by atoms with Gasteiger partial charge in [-0.15, -0.1) is 5.10 Å². The van der Waals surface area contributed by atoms with Crippen LogP contribution in [0.15, 0.2) is 24.4 Å². The maximum atomic E-state index is 11.7. The minimum atomic E-state index is -0.311. The first-order chi connectivity index (χ1) is 9.69. The second kappa shape index (κ2) is 6.65. The molecule has 0 radical (unpaired) electrons. The zero-order chi connectivity index (χ0) is 14.4. The SMILES string of the molecule is CCc1nc(NC(=O)NCCc2ccccn2)nn1C. The van der Waals surface area contributed by atoms with Crippen molar-refractivity contribution in [2.24, 2.45) is 7.05 Å². The van der Waals surface area contributed by atoms with Gasteiger partial charge in [0.15, 0.2) is 0 Å². The van der Waals surface area contributed by atoms with Gasteiger partial charge in [0.25, 0.3) is 0 Å². The minimum Gasteiger partial charge on any atom is -0.337 e. The molecule has 2 heterocycles. The highest BCUT2D eigenvalue weighted by Crippen LogP contribution is 2.02. The Balaban J connectivity index is 1.77. The summed E-state index contributed by atoms with van der Waals surface area (Å²) in [5, 5.41) is 9.47. The van der Waals surface area contributed by atoms with E-state index in [1.165, 1.54) is 0 Å². The molecule has 2 aromatic rings. The number of aromatic nitrogens is 4. The Morgan fingerprint density at radius 3 is 2.90 bits per heavy atom. The van der Waals surface area contributed by atoms with Gasteiger partial charge in [0, 0.05) is 38.3 Å². The van der Waals surface area contributed by atoms with Gasteiger partial charge in [-0.3, -0.25) is 15.0 Å². The first kappa shape index (κ1) is 14.0. The highest BCUT2D eigenvalue weighted by Gasteiger charge is 2.08. The molecule has 2 N–H and O–H groups in total. The maximum Gasteiger partial charge on any atom is 0.321 e. The van der Waals surface area contributed by atoms with E-state index in [9.17, 15) is 4.79 Å². The molecule has 0 fully saturated rings. The fraction of sp³-hybridized carbons (Fsp3) is 0.385. The number of nitrogens with zero attached hydrogens (tertiary/aromatic N) is 4. The summed E-state index contributed by atoms with van der Waals surface area (Å²) < 4.78 is 1.66. The minimum absolute atomic E-state index is 0.311. The largest absolute Gasteiger partial charge is 0.337 e. The van der Waals surface area contributed by atoms with Crippen LogP contribution in [0.3, 0.4) is 0 Å². The number of amides is 2. The van der Waals surface area contributed by atoms with Gasteiger partial charge >= 0.3 is 6.03 Å². The Bertz CT molecular complexity index is 565. The van der Waals surface area contributed by atoms with Gasteiger partial charge in [0.2, 0.25) is 5.95 Å². The molecule has 20 heavy (non-hydrogen) atoms. The number of carbonyl (C=O) groups excluding carboxylic acids is 1. The highest BCUT2D eigenvalue weighted by molar-refractivity contribution is 5.87. The van der Waals surface area contributed by atoms with Crippen molar-refractivity contribution in [2.75, 3.05) is 11.9 Å². The van der Waals surface area contributed by atoms with Crippen molar-refractivity contribution in [1.29, 1.82) is 0 Å². The van der Waals surface area contributed by atoms with Gasteiger partial charge < -0.3 is 5.32 Å². The van der Waals surface area contributed by atoms with Gasteiger partial charge in [-0.1, -0.05) is 13.0 Å². The normalized spacial score (nSPS) is 10.3. The number of hydrogen-bond acceptors (Lipinski definition) is 4. The molecule has 0 saturated carbocycles. The molecule has 0 unspecified atom stereocenters. The molecule has 2 rings (SSSR count). The zero-order valence-corrected chi connectivity index (χ0v) is 11.6. The van der Waals surface area contributed by atoms with E-state index in [1.54, 1.807) is 17.9 Å². The van der Waals surface area contributed by atoms with Gasteiger partial charge in [0.05, 0.1) is 0 Å². The van der Waals surface area contributed by atoms with E-state index in [1.807, 2.05) is 25.1 Å². The molecule has 0 aliphatic heterocycles. The van der Waals surface area contributed by atoms with Crippen LogP contribution in [0.4, 0.5) is 10.7 Å². The van der Waals surface area contributed by atoms with Crippen LogP contribution in [-0.2, 0) is 19.9 Å². The highest BCUT2D eigenvalue weighted by atomic mass is 16.2. The third kappa shape index (κ3) is 3.78. The molecule has 7 heteroatoms. The predicted molar refractivity (Wildman–Crippen MR) is 75.3 cm³/mol. The van der Waals surface area contributed by atoms with E-state index >= 15 is 0 Å². The number of pyridine rings is 1. The van der Waals surface area contributed by atoms with Gasteiger partial charge in [-0.2, -0.15) is 4.98 Å². The molecule has 0 spiro atoms. The van der Waals surface area contributed by atoms with E-state index in [0.29, 0.717) is 18.9 Å². The first-order valence-electron chi connectivity index (χ1n) is 6.53. The summed E-state index contributed by atoms with van der Waals surface area (Å²) in [6, 6.07) is 5.40. The predicted octanol–water partition coefficient (Wildman–Crippen LogP) is 1.14. The van der Waals surface area contributed by atoms with Crippen LogP contribution in [0, 0.1) is 0 Å². The number of hydrogen-bond donors (Lipinski definition) is 2. The maximum absolute atomic E-state index is 11.7. The molecule has 0 aliphatic carbocycles. The number of rotatable bonds is 5. The average molecular weight is 274 g/mol. The van der Waals surface area contributed by atoms with Crippen molar-refractivity contribution in [3.8, 4) is 0 Å². The summed E-state index contributed by atoms with van der Waals surface area (Å²) in [7, 11) is 1.80. The third-order valence-electron chi connectivity index (χ3n) is 2.79. The molecule has 0 aliphatic rings. The molecule has 0 bridgehead atoms. The Morgan fingerprint density at radius 1 is 1.40 bits per heavy atom. The summed E-state index contributed by atoms with van der Waals surface area (Å²) >= 11 is 0. The Hall–Kier alpha value is -2.44. The molecule has 2 aromatic heterocycles. The molecule has 7 nitrogen and oxygen atoms in total. The van der Waals surface area contributed by atoms with Crippen LogP contribution >= 0.6 is 0 Å². The summed E-state index contributed by atoms with van der Waals surface area (Å²) in [4.78, 5) is 20.1. The van der Waals surface area contributed by atoms with E-state index in [0.717, 1.165) is 17.9 Å². The van der Waals surface area contributed by atoms with Crippen molar-refractivity contribution in [3.05, 3.63) is 35.9 Å². The molecular formula is C13H18N6O. The summed E-state index contributed by atoms with van der Waals surface area (Å²) in [6.45, 7) is 2.50. The lowest BCUT2D eigenvalue weighted by Gasteiger charge is -2.04. The quantitative estimate of drug-likeness (QED) is 0.856. The van der Waals surface area contributed by atoms with Crippen LogP contribution in [0.1, 0.15) is 18.4 Å². The standard InChI is InChI=1S/C13H18N6O/c1-3-11-16-12(18-19(11)2)17-13(20)15-9-7-10-6-4-5-8-14-10/h4-6,8H,3,7,9H2,1-2H3,(H2,15,17,18,20). The van der Waals surface area contributed by atoms with E-state index in [-0.39, 0.29) is 6.03 Å². The molecular weight excluding hydrogens is 256 g/mol. The van der Waals surface area contributed by atoms with Crippen molar-refractivity contribution in [3.63, 3.8) is 0 Å². The van der Waals surface area contributed by atoms with Crippen molar-refractivity contribution in [1.82, 2.24) is 25.1 Å². The monoisotopic (exact) mass is 274 g/mol. The van der Waals surface area contributed by atoms with Crippen molar-refractivity contribution < 1.29 is 4.79 Å². The summed E-state index contributed by atoms with van der Waals surface area (Å²) in [5.41, 5.74) is 0.942. The fourth-order valence-corrected chi connectivity index (χ4v) is 1.77. The number of aryl methyl sites for hydroxylation is 2. The number of anilines is 1. The smallest absolute Gasteiger partial charge is 0.321 e. The lowest BCUT2D eigenvalue weighted by molar-refractivity contribution is 0.252. The number of urea groups is 1. The first-order valence-corrected chi connectivity index (χ1v) is 6.53. The van der Waals surface area contributed by atoms with Crippen molar-refractivity contribution in [2.45, 2.75) is 19.8 Å². The molecule has 0 atom stereocenters. The number of carbonyl (C=O) groups is 1. The third-order valence-corrected chi connectivity index (χ3v) is 2.79. The Morgan fingerprint density at radius 2 is 2.25 bits per heavy atom. The lowest BCUT2D eigenvalue weighted by Crippen LogP contribution is -2.31. The molecule has 2 amide bonds. The van der Waals surface area contributed by atoms with Crippen LogP contribution in [0.2, 0.25) is 0 Å². The van der Waals surface area contributed by atoms with Crippen LogP contribution in [0.25, 0.3) is 0 Å². The second-order valence-corrected chi connectivity index (χ2v) is 4.28. The lowest BCUT2D eigenvalue weighted by atomic mass is 10.3. The summed E-state index contributed by atoms with van der Waals surface area (Å²) in [5.74, 6) is 1.15. The van der Waals surface area contributed by atoms with Gasteiger partial charge in [0.1, 0.15) is 5.82 Å². The van der Waals surface area contributed by atoms with Crippen LogP contribution in [0.5, 0.6) is 0 Å². The number of nitrogens with one attached hydrogen (secondary N) is 2. The average Bonchev–Trinajstić information content (AvgIpc) is 2.80. The molecule has 106 valence electrons. The molecule has 0 aromatic carbocycles. The topological polar surface area (TPSA) is 84.7 Å². The van der Waals surface area contributed by atoms with Gasteiger partial charge in [-0.25, -0.2) is 4.79 Å². The van der Waals surface area contributed by atoms with Crippen LogP contribution < -0.4 is 10.6 Å². The zero-order valence-electron chi connectivity index (χ0n) is 11.6. The fourth-order valence-electron chi connectivity index (χ4n) is 1.77. The van der Waals surface area contributed by atoms with E-state index in [4.69, 9.17) is 0 Å². The Labute approximate surface area is 117 Å². The van der Waals surface area contributed by atoms with Crippen LogP contribution in [-0.4, -0.2) is 32.3 Å². The summed E-state index contributed by atoms with van der Waals surface area (Å²) in [6.07, 6.45) is 3.19. The Kier molecular flexibility index (Phi) is 4.65. The van der Waals surface area contributed by atoms with Crippen molar-refractivity contribution >= 4 is 12.0 Å². The second-order valence-electron chi connectivity index (χ2n) is 4.28. The van der Waals surface area contributed by atoms with E-state index in [2.05, 4.69) is 25.7 Å².